The number of fused-ring (bicyclic) bond motifs is 1. The number of carbonyl (C=O) groups excluding carboxylic acids is 1. The highest BCUT2D eigenvalue weighted by Crippen LogP contribution is 2.27. The van der Waals surface area contributed by atoms with Gasteiger partial charge in [0.2, 0.25) is 10.0 Å². The van der Waals surface area contributed by atoms with Gasteiger partial charge in [-0.05, 0) is 61.2 Å². The van der Waals surface area contributed by atoms with Gasteiger partial charge in [-0.25, -0.2) is 13.6 Å². The second-order valence-corrected chi connectivity index (χ2v) is 8.36. The number of nitrogens with two attached hydrogens (primary N) is 1. The summed E-state index contributed by atoms with van der Waals surface area (Å²) in [4.78, 5) is 13.0. The Hall–Kier alpha value is -2.64. The van der Waals surface area contributed by atoms with E-state index in [1.165, 1.54) is 17.7 Å². The molecule has 28 heavy (non-hydrogen) atoms. The average molecular weight is 400 g/mol. The molecule has 0 aliphatic carbocycles. The smallest absolute Gasteiger partial charge is 0.268 e. The number of nitrogens with one attached hydrogen (secondary N) is 1. The second-order valence-electron chi connectivity index (χ2n) is 6.79. The summed E-state index contributed by atoms with van der Waals surface area (Å²) in [7, 11) is -3.72. The lowest BCUT2D eigenvalue weighted by molar-refractivity contribution is 0.0941. The van der Waals surface area contributed by atoms with E-state index in [0.29, 0.717) is 18.8 Å². The van der Waals surface area contributed by atoms with Crippen LogP contribution in [0.3, 0.4) is 0 Å². The number of sulfonamides is 1. The molecule has 1 amide bonds. The van der Waals surface area contributed by atoms with E-state index in [2.05, 4.69) is 30.4 Å². The maximum Gasteiger partial charge on any atom is 0.268 e. The Kier molecular flexibility index (Phi) is 5.58. The van der Waals surface area contributed by atoms with E-state index in [9.17, 15) is 13.2 Å². The Balaban J connectivity index is 1.86. The number of aromatic nitrogens is 1. The fourth-order valence-electron chi connectivity index (χ4n) is 3.47. The molecule has 2 aromatic carbocycles. The number of rotatable bonds is 6. The molecule has 1 aromatic heterocycles. The minimum atomic E-state index is -3.72. The summed E-state index contributed by atoms with van der Waals surface area (Å²) in [5.74, 6) is -0.149. The van der Waals surface area contributed by atoms with E-state index in [4.69, 9.17) is 5.14 Å². The lowest BCUT2D eigenvalue weighted by Gasteiger charge is -2.10. The van der Waals surface area contributed by atoms with Crippen LogP contribution in [0.5, 0.6) is 0 Å². The lowest BCUT2D eigenvalue weighted by Crippen LogP contribution is -2.26. The number of aryl methyl sites for hydroxylation is 3. The molecular weight excluding hydrogens is 374 g/mol. The van der Waals surface area contributed by atoms with Crippen molar-refractivity contribution in [3.63, 3.8) is 0 Å². The molecule has 0 radical (unpaired) electrons. The van der Waals surface area contributed by atoms with Crippen molar-refractivity contribution in [3.05, 3.63) is 64.8 Å². The molecular formula is C21H25N3O3S. The molecule has 148 valence electrons. The summed E-state index contributed by atoms with van der Waals surface area (Å²) < 4.78 is 24.7. The van der Waals surface area contributed by atoms with Gasteiger partial charge in [0.15, 0.2) is 0 Å². The second kappa shape index (κ2) is 7.77. The fraction of sp³-hybridized carbons (Fsp3) is 0.286. The third kappa shape index (κ3) is 3.81. The summed E-state index contributed by atoms with van der Waals surface area (Å²) in [6, 6.07) is 12.5. The van der Waals surface area contributed by atoms with Crippen LogP contribution in [0.4, 0.5) is 0 Å². The van der Waals surface area contributed by atoms with Crippen LogP contribution < -0.4 is 10.5 Å². The van der Waals surface area contributed by atoms with E-state index >= 15 is 0 Å². The van der Waals surface area contributed by atoms with Gasteiger partial charge in [-0.2, -0.15) is 0 Å². The summed E-state index contributed by atoms with van der Waals surface area (Å²) in [6.45, 7) is 7.11. The first-order valence-corrected chi connectivity index (χ1v) is 10.8. The van der Waals surface area contributed by atoms with Gasteiger partial charge in [0.1, 0.15) is 5.69 Å². The summed E-state index contributed by atoms with van der Waals surface area (Å²) >= 11 is 0. The summed E-state index contributed by atoms with van der Waals surface area (Å²) in [6.07, 6.45) is 0.947. The van der Waals surface area contributed by atoms with Crippen molar-refractivity contribution in [2.75, 3.05) is 0 Å². The van der Waals surface area contributed by atoms with Gasteiger partial charge in [0.25, 0.3) is 5.91 Å². The standard InChI is InChI=1S/C21H25N3O3S/c1-4-15-8-11-19-18(12-15)14(3)20(24(19)5-2)21(25)23-13-16-6-9-17(10-7-16)28(22,26)27/h6-12H,4-5,13H2,1-3H3,(H,23,25)(H2,22,26,27). The number of nitrogens with zero attached hydrogens (tertiary/aromatic N) is 1. The Bertz CT molecular complexity index is 1130. The zero-order valence-electron chi connectivity index (χ0n) is 16.3. The molecule has 0 bridgehead atoms. The van der Waals surface area contributed by atoms with E-state index in [-0.39, 0.29) is 10.8 Å². The van der Waals surface area contributed by atoms with Gasteiger partial charge < -0.3 is 9.88 Å². The number of hydrogen-bond donors (Lipinski definition) is 2. The van der Waals surface area contributed by atoms with Crippen LogP contribution in [0.25, 0.3) is 10.9 Å². The maximum atomic E-state index is 12.9. The van der Waals surface area contributed by atoms with Crippen LogP contribution in [-0.2, 0) is 29.5 Å². The van der Waals surface area contributed by atoms with Gasteiger partial charge in [-0.3, -0.25) is 4.79 Å². The van der Waals surface area contributed by atoms with Crippen molar-refractivity contribution in [3.8, 4) is 0 Å². The number of amides is 1. The zero-order valence-corrected chi connectivity index (χ0v) is 17.1. The first-order valence-electron chi connectivity index (χ1n) is 9.28. The molecule has 3 aromatic rings. The summed E-state index contributed by atoms with van der Waals surface area (Å²) in [5.41, 5.74) is 4.72. The molecule has 1 heterocycles. The molecule has 3 N–H and O–H groups in total. The Morgan fingerprint density at radius 1 is 1.07 bits per heavy atom. The Morgan fingerprint density at radius 3 is 2.29 bits per heavy atom. The predicted molar refractivity (Wildman–Crippen MR) is 111 cm³/mol. The highest BCUT2D eigenvalue weighted by molar-refractivity contribution is 7.89. The SMILES string of the molecule is CCc1ccc2c(c1)c(C)c(C(=O)NCc1ccc(S(N)(=O)=O)cc1)n2CC. The number of benzene rings is 2. The molecule has 0 spiro atoms. The van der Waals surface area contributed by atoms with Crippen LogP contribution in [-0.4, -0.2) is 18.9 Å². The van der Waals surface area contributed by atoms with Crippen LogP contribution >= 0.6 is 0 Å². The van der Waals surface area contributed by atoms with Crippen molar-refractivity contribution in [2.24, 2.45) is 5.14 Å². The molecule has 0 saturated carbocycles. The van der Waals surface area contributed by atoms with Gasteiger partial charge >= 0.3 is 0 Å². The van der Waals surface area contributed by atoms with Crippen molar-refractivity contribution in [2.45, 2.75) is 45.2 Å². The zero-order chi connectivity index (χ0) is 20.5. The molecule has 3 rings (SSSR count). The quantitative estimate of drug-likeness (QED) is 0.667. The van der Waals surface area contributed by atoms with Crippen LogP contribution in [0.2, 0.25) is 0 Å². The van der Waals surface area contributed by atoms with Crippen molar-refractivity contribution < 1.29 is 13.2 Å². The molecule has 0 unspecified atom stereocenters. The van der Waals surface area contributed by atoms with E-state index in [1.54, 1.807) is 12.1 Å². The predicted octanol–water partition coefficient (Wildman–Crippen LogP) is 3.11. The number of primary sulfonamides is 1. The van der Waals surface area contributed by atoms with Crippen molar-refractivity contribution >= 4 is 26.8 Å². The number of hydrogen-bond acceptors (Lipinski definition) is 3. The Labute approximate surface area is 165 Å². The van der Waals surface area contributed by atoms with Gasteiger partial charge in [-0.15, -0.1) is 0 Å². The number of carbonyl (C=O) groups is 1. The van der Waals surface area contributed by atoms with E-state index in [1.807, 2.05) is 18.4 Å². The monoisotopic (exact) mass is 399 g/mol. The van der Waals surface area contributed by atoms with E-state index < -0.39 is 10.0 Å². The third-order valence-electron chi connectivity index (χ3n) is 5.03. The molecule has 0 saturated heterocycles. The fourth-order valence-corrected chi connectivity index (χ4v) is 3.99. The van der Waals surface area contributed by atoms with Gasteiger partial charge in [0.05, 0.1) is 4.90 Å². The third-order valence-corrected chi connectivity index (χ3v) is 5.95. The minimum Gasteiger partial charge on any atom is -0.347 e. The first kappa shape index (κ1) is 20.1. The normalized spacial score (nSPS) is 11.7. The highest BCUT2D eigenvalue weighted by atomic mass is 32.2. The Morgan fingerprint density at radius 2 is 1.71 bits per heavy atom. The van der Waals surface area contributed by atoms with Gasteiger partial charge in [0, 0.05) is 24.0 Å². The lowest BCUT2D eigenvalue weighted by atomic mass is 10.1. The molecule has 0 fully saturated rings. The topological polar surface area (TPSA) is 94.2 Å². The van der Waals surface area contributed by atoms with Crippen LogP contribution in [0, 0.1) is 6.92 Å². The minimum absolute atomic E-state index is 0.0521. The van der Waals surface area contributed by atoms with Gasteiger partial charge in [-0.1, -0.05) is 25.1 Å². The molecule has 0 aliphatic rings. The summed E-state index contributed by atoms with van der Waals surface area (Å²) in [5, 5.41) is 9.15. The van der Waals surface area contributed by atoms with Crippen molar-refractivity contribution in [1.29, 1.82) is 0 Å². The molecule has 0 atom stereocenters. The highest BCUT2D eigenvalue weighted by Gasteiger charge is 2.19. The first-order chi connectivity index (χ1) is 13.3. The van der Waals surface area contributed by atoms with Crippen LogP contribution in [0.15, 0.2) is 47.4 Å². The van der Waals surface area contributed by atoms with Crippen LogP contribution in [0.1, 0.15) is 41.0 Å². The largest absolute Gasteiger partial charge is 0.347 e. The van der Waals surface area contributed by atoms with Crippen molar-refractivity contribution in [1.82, 2.24) is 9.88 Å². The maximum absolute atomic E-state index is 12.9. The molecule has 7 heteroatoms. The van der Waals surface area contributed by atoms with E-state index in [0.717, 1.165) is 28.5 Å². The molecule has 0 aliphatic heterocycles. The molecule has 6 nitrogen and oxygen atoms in total. The average Bonchev–Trinajstić information content (AvgIpc) is 2.97.